The standard InChI is InChI=1S/C23H21ClF3N5O2S/c1-35-18-19(24)30-20(31-21(18)32-9-11-34-12-10-32)14-5-7-16(8-6-14)28-22(33)29-17-4-2-3-15(13-17)23(25,26)27/h2-8,13H,9-12H2,1H3,(H2,28,29,33). The van der Waals surface area contributed by atoms with Gasteiger partial charge < -0.3 is 20.3 Å². The highest BCUT2D eigenvalue weighted by molar-refractivity contribution is 7.98. The fraction of sp³-hybridized carbons (Fsp3) is 0.261. The molecule has 0 radical (unpaired) electrons. The number of hydrogen-bond donors (Lipinski definition) is 2. The largest absolute Gasteiger partial charge is 0.416 e. The topological polar surface area (TPSA) is 79.4 Å². The summed E-state index contributed by atoms with van der Waals surface area (Å²) in [6.45, 7) is 2.61. The second-order valence-corrected chi connectivity index (χ2v) is 8.70. The molecule has 3 aromatic rings. The second-order valence-electron chi connectivity index (χ2n) is 7.53. The molecule has 0 unspecified atom stereocenters. The van der Waals surface area contributed by atoms with Crippen molar-refractivity contribution in [3.8, 4) is 11.4 Å². The highest BCUT2D eigenvalue weighted by atomic mass is 35.5. The lowest BCUT2D eigenvalue weighted by Crippen LogP contribution is -2.37. The van der Waals surface area contributed by atoms with Gasteiger partial charge >= 0.3 is 12.2 Å². The van der Waals surface area contributed by atoms with E-state index in [1.54, 1.807) is 24.3 Å². The summed E-state index contributed by atoms with van der Waals surface area (Å²) in [5.41, 5.74) is 0.320. The fourth-order valence-corrected chi connectivity index (χ4v) is 4.44. The van der Waals surface area contributed by atoms with E-state index in [1.807, 2.05) is 6.26 Å². The van der Waals surface area contributed by atoms with E-state index in [-0.39, 0.29) is 5.69 Å². The Balaban J connectivity index is 1.48. The molecular weight excluding hydrogens is 503 g/mol. The van der Waals surface area contributed by atoms with Gasteiger partial charge in [0, 0.05) is 30.0 Å². The Morgan fingerprint density at radius 2 is 1.74 bits per heavy atom. The average Bonchev–Trinajstić information content (AvgIpc) is 2.84. The summed E-state index contributed by atoms with van der Waals surface area (Å²) in [5.74, 6) is 1.19. The first-order valence-corrected chi connectivity index (χ1v) is 12.1. The van der Waals surface area contributed by atoms with Crippen molar-refractivity contribution in [2.45, 2.75) is 11.1 Å². The molecule has 184 valence electrons. The maximum absolute atomic E-state index is 12.9. The molecule has 2 amide bonds. The lowest BCUT2D eigenvalue weighted by Gasteiger charge is -2.29. The van der Waals surface area contributed by atoms with E-state index >= 15 is 0 Å². The number of carbonyl (C=O) groups excluding carboxylic acids is 1. The van der Waals surface area contributed by atoms with Crippen LogP contribution in [0.1, 0.15) is 5.56 Å². The van der Waals surface area contributed by atoms with Gasteiger partial charge in [0.15, 0.2) is 5.82 Å². The van der Waals surface area contributed by atoms with Gasteiger partial charge in [-0.05, 0) is 48.7 Å². The molecular formula is C23H21ClF3N5O2S. The van der Waals surface area contributed by atoms with Crippen LogP contribution < -0.4 is 15.5 Å². The summed E-state index contributed by atoms with van der Waals surface area (Å²) in [7, 11) is 0. The molecule has 7 nitrogen and oxygen atoms in total. The Labute approximate surface area is 209 Å². The van der Waals surface area contributed by atoms with E-state index in [2.05, 4.69) is 20.5 Å². The number of aromatic nitrogens is 2. The first-order valence-electron chi connectivity index (χ1n) is 10.5. The number of anilines is 3. The molecule has 0 bridgehead atoms. The van der Waals surface area contributed by atoms with E-state index in [4.69, 9.17) is 21.3 Å². The van der Waals surface area contributed by atoms with Gasteiger partial charge in [-0.1, -0.05) is 17.7 Å². The number of urea groups is 1. The van der Waals surface area contributed by atoms with Gasteiger partial charge in [0.2, 0.25) is 0 Å². The molecule has 2 aromatic carbocycles. The fourth-order valence-electron chi connectivity index (χ4n) is 3.48. The van der Waals surface area contributed by atoms with Crippen molar-refractivity contribution >= 4 is 46.6 Å². The summed E-state index contributed by atoms with van der Waals surface area (Å²) < 4.78 is 44.0. The van der Waals surface area contributed by atoms with Crippen LogP contribution >= 0.6 is 23.4 Å². The van der Waals surface area contributed by atoms with Crippen molar-refractivity contribution in [1.82, 2.24) is 9.97 Å². The first-order chi connectivity index (χ1) is 16.7. The minimum atomic E-state index is -4.50. The minimum Gasteiger partial charge on any atom is -0.378 e. The predicted molar refractivity (Wildman–Crippen MR) is 131 cm³/mol. The highest BCUT2D eigenvalue weighted by Crippen LogP contribution is 2.35. The predicted octanol–water partition coefficient (Wildman–Crippen LogP) is 6.02. The van der Waals surface area contributed by atoms with Crippen molar-refractivity contribution in [2.24, 2.45) is 0 Å². The quantitative estimate of drug-likeness (QED) is 0.314. The molecule has 0 spiro atoms. The van der Waals surface area contributed by atoms with E-state index < -0.39 is 17.8 Å². The third-order valence-corrected chi connectivity index (χ3v) is 6.34. The van der Waals surface area contributed by atoms with Gasteiger partial charge in [-0.15, -0.1) is 11.8 Å². The van der Waals surface area contributed by atoms with Crippen LogP contribution in [0.2, 0.25) is 5.15 Å². The summed E-state index contributed by atoms with van der Waals surface area (Å²) in [6, 6.07) is 10.5. The van der Waals surface area contributed by atoms with Gasteiger partial charge in [0.05, 0.1) is 23.7 Å². The Bertz CT molecular complexity index is 1200. The van der Waals surface area contributed by atoms with E-state index in [1.165, 1.54) is 23.9 Å². The van der Waals surface area contributed by atoms with Crippen LogP contribution in [0.4, 0.5) is 35.2 Å². The first kappa shape index (κ1) is 25.1. The van der Waals surface area contributed by atoms with Crippen molar-refractivity contribution in [1.29, 1.82) is 0 Å². The number of ether oxygens (including phenoxy) is 1. The molecule has 2 heterocycles. The van der Waals surface area contributed by atoms with Gasteiger partial charge in [-0.3, -0.25) is 0 Å². The molecule has 1 aliphatic heterocycles. The van der Waals surface area contributed by atoms with Crippen LogP contribution in [0, 0.1) is 0 Å². The molecule has 1 saturated heterocycles. The molecule has 2 N–H and O–H groups in total. The molecule has 4 rings (SSSR count). The third kappa shape index (κ3) is 6.16. The van der Waals surface area contributed by atoms with Crippen LogP contribution in [0.5, 0.6) is 0 Å². The third-order valence-electron chi connectivity index (χ3n) is 5.17. The molecule has 1 fully saturated rings. The van der Waals surface area contributed by atoms with E-state index in [0.29, 0.717) is 48.5 Å². The molecule has 0 atom stereocenters. The normalized spacial score (nSPS) is 14.0. The molecule has 12 heteroatoms. The number of hydrogen-bond acceptors (Lipinski definition) is 6. The highest BCUT2D eigenvalue weighted by Gasteiger charge is 2.30. The number of benzene rings is 2. The number of nitrogens with zero attached hydrogens (tertiary/aromatic N) is 3. The molecule has 1 aromatic heterocycles. The summed E-state index contributed by atoms with van der Waals surface area (Å²) in [6.07, 6.45) is -2.58. The Morgan fingerprint density at radius 3 is 2.40 bits per heavy atom. The molecule has 1 aliphatic rings. The molecule has 35 heavy (non-hydrogen) atoms. The van der Waals surface area contributed by atoms with Crippen molar-refractivity contribution in [2.75, 3.05) is 48.1 Å². The summed E-state index contributed by atoms with van der Waals surface area (Å²) >= 11 is 7.93. The van der Waals surface area contributed by atoms with Gasteiger partial charge in [0.25, 0.3) is 0 Å². The zero-order valence-electron chi connectivity index (χ0n) is 18.5. The van der Waals surface area contributed by atoms with Crippen LogP contribution in [0.25, 0.3) is 11.4 Å². The number of thioether (sulfide) groups is 1. The summed E-state index contributed by atoms with van der Waals surface area (Å²) in [4.78, 5) is 24.3. The minimum absolute atomic E-state index is 0.0292. The lowest BCUT2D eigenvalue weighted by molar-refractivity contribution is -0.137. The summed E-state index contributed by atoms with van der Waals surface area (Å²) in [5, 5.41) is 5.35. The monoisotopic (exact) mass is 523 g/mol. The number of nitrogens with one attached hydrogen (secondary N) is 2. The Morgan fingerprint density at radius 1 is 1.06 bits per heavy atom. The number of rotatable bonds is 5. The van der Waals surface area contributed by atoms with E-state index in [0.717, 1.165) is 22.8 Å². The van der Waals surface area contributed by atoms with Gasteiger partial charge in [-0.25, -0.2) is 14.8 Å². The number of alkyl halides is 3. The van der Waals surface area contributed by atoms with Gasteiger partial charge in [0.1, 0.15) is 11.0 Å². The van der Waals surface area contributed by atoms with Crippen LogP contribution in [0.15, 0.2) is 53.4 Å². The maximum atomic E-state index is 12.9. The van der Waals surface area contributed by atoms with Crippen molar-refractivity contribution in [3.63, 3.8) is 0 Å². The smallest absolute Gasteiger partial charge is 0.378 e. The average molecular weight is 524 g/mol. The van der Waals surface area contributed by atoms with Crippen LogP contribution in [-0.4, -0.2) is 48.6 Å². The number of amides is 2. The number of carbonyl (C=O) groups is 1. The van der Waals surface area contributed by atoms with Crippen LogP contribution in [0.3, 0.4) is 0 Å². The molecule has 0 aliphatic carbocycles. The van der Waals surface area contributed by atoms with Gasteiger partial charge in [-0.2, -0.15) is 13.2 Å². The Kier molecular flexibility index (Phi) is 7.68. The second kappa shape index (κ2) is 10.7. The maximum Gasteiger partial charge on any atom is 0.416 e. The SMILES string of the molecule is CSc1c(Cl)nc(-c2ccc(NC(=O)Nc3cccc(C(F)(F)F)c3)cc2)nc1N1CCOCC1. The molecule has 0 saturated carbocycles. The van der Waals surface area contributed by atoms with Crippen LogP contribution in [-0.2, 0) is 10.9 Å². The zero-order chi connectivity index (χ0) is 25.0. The Hall–Kier alpha value is -3.02. The van der Waals surface area contributed by atoms with E-state index in [9.17, 15) is 18.0 Å². The number of halogens is 4. The number of morpholine rings is 1. The van der Waals surface area contributed by atoms with Crippen molar-refractivity contribution < 1.29 is 22.7 Å². The van der Waals surface area contributed by atoms with Crippen molar-refractivity contribution in [3.05, 3.63) is 59.2 Å². The zero-order valence-corrected chi connectivity index (χ0v) is 20.1. The lowest BCUT2D eigenvalue weighted by atomic mass is 10.2.